The summed E-state index contributed by atoms with van der Waals surface area (Å²) in [6.07, 6.45) is -4.54. The van der Waals surface area contributed by atoms with Crippen LogP contribution in [0.1, 0.15) is 32.2 Å². The molecule has 0 atom stereocenters. The minimum atomic E-state index is -4.54. The quantitative estimate of drug-likeness (QED) is 0.500. The van der Waals surface area contributed by atoms with Crippen molar-refractivity contribution in [2.24, 2.45) is 0 Å². The second kappa shape index (κ2) is 7.80. The lowest BCUT2D eigenvalue weighted by Crippen LogP contribution is -2.35. The van der Waals surface area contributed by atoms with Crippen molar-refractivity contribution in [2.75, 3.05) is 16.6 Å². The van der Waals surface area contributed by atoms with Gasteiger partial charge in [-0.1, -0.05) is 25.9 Å². The molecule has 1 aromatic heterocycles. The molecule has 2 heterocycles. The number of nitrogens with zero attached hydrogens (tertiary/aromatic N) is 3. The van der Waals surface area contributed by atoms with E-state index in [1.165, 1.54) is 16.1 Å². The Hall–Kier alpha value is -2.53. The maximum absolute atomic E-state index is 13.3. The molecule has 3 aromatic rings. The zero-order valence-electron chi connectivity index (χ0n) is 17.5. The standard InChI is InChI=1S/C21H20F3N3O3S2/c1-20(2,3)19-25-18(30-26-19)13-4-9-17-16(12-13)27(10-11-31-17)32(28,29)15-7-5-14(6-8-15)21(22,23)24/h4-9,12H,10-11H2,1-3H3. The monoisotopic (exact) mass is 483 g/mol. The van der Waals surface area contributed by atoms with Crippen LogP contribution in [0.3, 0.4) is 0 Å². The van der Waals surface area contributed by atoms with Gasteiger partial charge in [0.05, 0.1) is 16.1 Å². The highest BCUT2D eigenvalue weighted by Crippen LogP contribution is 2.40. The summed E-state index contributed by atoms with van der Waals surface area (Å²) >= 11 is 1.50. The van der Waals surface area contributed by atoms with Crippen LogP contribution in [0.25, 0.3) is 11.5 Å². The van der Waals surface area contributed by atoms with Crippen LogP contribution in [0.4, 0.5) is 18.9 Å². The molecule has 0 unspecified atom stereocenters. The van der Waals surface area contributed by atoms with Gasteiger partial charge < -0.3 is 4.52 Å². The van der Waals surface area contributed by atoms with E-state index in [0.717, 1.165) is 29.2 Å². The summed E-state index contributed by atoms with van der Waals surface area (Å²) in [6, 6.07) is 8.73. The van der Waals surface area contributed by atoms with Gasteiger partial charge in [-0.3, -0.25) is 4.31 Å². The third kappa shape index (κ3) is 4.23. The van der Waals surface area contributed by atoms with Gasteiger partial charge in [0.15, 0.2) is 5.82 Å². The van der Waals surface area contributed by atoms with Gasteiger partial charge in [-0.2, -0.15) is 18.2 Å². The van der Waals surface area contributed by atoms with Crippen molar-refractivity contribution in [1.29, 1.82) is 0 Å². The zero-order chi connectivity index (χ0) is 23.3. The molecular weight excluding hydrogens is 463 g/mol. The van der Waals surface area contributed by atoms with Crippen molar-refractivity contribution < 1.29 is 26.1 Å². The molecule has 0 radical (unpaired) electrons. The van der Waals surface area contributed by atoms with E-state index in [-0.39, 0.29) is 22.7 Å². The number of thioether (sulfide) groups is 1. The molecule has 6 nitrogen and oxygen atoms in total. The summed E-state index contributed by atoms with van der Waals surface area (Å²) in [5.74, 6) is 1.30. The number of hydrogen-bond acceptors (Lipinski definition) is 6. The molecule has 11 heteroatoms. The lowest BCUT2D eigenvalue weighted by atomic mass is 9.96. The Labute approximate surface area is 187 Å². The molecule has 0 aliphatic carbocycles. The summed E-state index contributed by atoms with van der Waals surface area (Å²) in [4.78, 5) is 4.95. The highest BCUT2D eigenvalue weighted by molar-refractivity contribution is 8.00. The molecule has 1 aliphatic rings. The largest absolute Gasteiger partial charge is 0.416 e. The van der Waals surface area contributed by atoms with Gasteiger partial charge in [-0.25, -0.2) is 8.42 Å². The van der Waals surface area contributed by atoms with Crippen LogP contribution >= 0.6 is 11.8 Å². The van der Waals surface area contributed by atoms with E-state index in [9.17, 15) is 21.6 Å². The van der Waals surface area contributed by atoms with Crippen LogP contribution in [-0.4, -0.2) is 30.9 Å². The first-order chi connectivity index (χ1) is 14.9. The maximum Gasteiger partial charge on any atom is 0.416 e. The van der Waals surface area contributed by atoms with Gasteiger partial charge in [-0.15, -0.1) is 11.8 Å². The van der Waals surface area contributed by atoms with Crippen molar-refractivity contribution in [3.05, 3.63) is 53.9 Å². The van der Waals surface area contributed by atoms with Gasteiger partial charge in [0.25, 0.3) is 15.9 Å². The molecule has 0 bridgehead atoms. The highest BCUT2D eigenvalue weighted by atomic mass is 32.2. The molecule has 0 saturated heterocycles. The van der Waals surface area contributed by atoms with Crippen LogP contribution in [0.15, 0.2) is 56.8 Å². The third-order valence-electron chi connectivity index (χ3n) is 4.89. The first kappa shape index (κ1) is 22.7. The lowest BCUT2D eigenvalue weighted by Gasteiger charge is -2.30. The van der Waals surface area contributed by atoms with Crippen molar-refractivity contribution in [2.45, 2.75) is 42.2 Å². The number of fused-ring (bicyclic) bond motifs is 1. The number of alkyl halides is 3. The maximum atomic E-state index is 13.3. The van der Waals surface area contributed by atoms with Crippen molar-refractivity contribution in [3.8, 4) is 11.5 Å². The minimum Gasteiger partial charge on any atom is -0.334 e. The molecule has 0 N–H and O–H groups in total. The van der Waals surface area contributed by atoms with Crippen molar-refractivity contribution in [3.63, 3.8) is 0 Å². The summed E-state index contributed by atoms with van der Waals surface area (Å²) < 4.78 is 71.7. The lowest BCUT2D eigenvalue weighted by molar-refractivity contribution is -0.137. The van der Waals surface area contributed by atoms with Crippen LogP contribution in [-0.2, 0) is 21.6 Å². The minimum absolute atomic E-state index is 0.182. The van der Waals surface area contributed by atoms with Crippen LogP contribution in [0, 0.1) is 0 Å². The fourth-order valence-electron chi connectivity index (χ4n) is 3.16. The highest BCUT2D eigenvalue weighted by Gasteiger charge is 2.33. The SMILES string of the molecule is CC(C)(C)c1noc(-c2ccc3c(c2)N(S(=O)(=O)c2ccc(C(F)(F)F)cc2)CCS3)n1. The Morgan fingerprint density at radius 1 is 1.06 bits per heavy atom. The number of benzene rings is 2. The molecule has 170 valence electrons. The smallest absolute Gasteiger partial charge is 0.334 e. The number of anilines is 1. The number of rotatable bonds is 3. The van der Waals surface area contributed by atoms with Gasteiger partial charge in [0.2, 0.25) is 0 Å². The molecule has 4 rings (SSSR count). The van der Waals surface area contributed by atoms with Crippen molar-refractivity contribution >= 4 is 27.5 Å². The predicted molar refractivity (Wildman–Crippen MR) is 115 cm³/mol. The summed E-state index contributed by atoms with van der Waals surface area (Å²) in [7, 11) is -4.07. The van der Waals surface area contributed by atoms with E-state index in [1.807, 2.05) is 20.8 Å². The molecule has 0 saturated carbocycles. The van der Waals surface area contributed by atoms with Gasteiger partial charge in [0.1, 0.15) is 0 Å². The number of aromatic nitrogens is 2. The predicted octanol–water partition coefficient (Wildman–Crippen LogP) is 5.35. The van der Waals surface area contributed by atoms with E-state index in [1.54, 1.807) is 18.2 Å². The summed E-state index contributed by atoms with van der Waals surface area (Å²) in [6.45, 7) is 6.03. The second-order valence-electron chi connectivity index (χ2n) is 8.30. The summed E-state index contributed by atoms with van der Waals surface area (Å²) in [5.41, 5.74) is -0.237. The van der Waals surface area contributed by atoms with E-state index >= 15 is 0 Å². The third-order valence-corrected chi connectivity index (χ3v) is 7.76. The normalized spacial score (nSPS) is 15.0. The topological polar surface area (TPSA) is 76.3 Å². The second-order valence-corrected chi connectivity index (χ2v) is 11.3. The number of hydrogen-bond donors (Lipinski definition) is 0. The molecule has 2 aromatic carbocycles. The first-order valence-corrected chi connectivity index (χ1v) is 12.1. The average molecular weight is 484 g/mol. The van der Waals surface area contributed by atoms with E-state index in [2.05, 4.69) is 10.1 Å². The van der Waals surface area contributed by atoms with Gasteiger partial charge >= 0.3 is 6.18 Å². The first-order valence-electron chi connectivity index (χ1n) is 9.69. The Kier molecular flexibility index (Phi) is 5.52. The van der Waals surface area contributed by atoms with Crippen LogP contribution in [0.5, 0.6) is 0 Å². The fourth-order valence-corrected chi connectivity index (χ4v) is 5.79. The zero-order valence-corrected chi connectivity index (χ0v) is 19.1. The van der Waals surface area contributed by atoms with Gasteiger partial charge in [-0.05, 0) is 42.5 Å². The van der Waals surface area contributed by atoms with Crippen LogP contribution < -0.4 is 4.31 Å². The van der Waals surface area contributed by atoms with E-state index < -0.39 is 21.8 Å². The van der Waals surface area contributed by atoms with Gasteiger partial charge in [0, 0.05) is 28.2 Å². The number of halogens is 3. The molecule has 0 spiro atoms. The molecule has 0 fully saturated rings. The van der Waals surface area contributed by atoms with E-state index in [0.29, 0.717) is 22.8 Å². The molecule has 1 aliphatic heterocycles. The molecular formula is C21H20F3N3O3S2. The summed E-state index contributed by atoms with van der Waals surface area (Å²) in [5, 5.41) is 4.00. The number of sulfonamides is 1. The Morgan fingerprint density at radius 3 is 2.34 bits per heavy atom. The van der Waals surface area contributed by atoms with Crippen molar-refractivity contribution in [1.82, 2.24) is 10.1 Å². The molecule has 32 heavy (non-hydrogen) atoms. The Morgan fingerprint density at radius 2 is 1.75 bits per heavy atom. The Balaban J connectivity index is 1.72. The van der Waals surface area contributed by atoms with E-state index in [4.69, 9.17) is 4.52 Å². The average Bonchev–Trinajstić information content (AvgIpc) is 3.23. The van der Waals surface area contributed by atoms with Crippen LogP contribution in [0.2, 0.25) is 0 Å². The fraction of sp³-hybridized carbons (Fsp3) is 0.333. The Bertz CT molecular complexity index is 1250. The molecule has 0 amide bonds.